The predicted molar refractivity (Wildman–Crippen MR) is 107 cm³/mol. The second-order valence-electron chi connectivity index (χ2n) is 5.71. The topological polar surface area (TPSA) is 105 Å². The highest BCUT2D eigenvalue weighted by Crippen LogP contribution is 2.36. The van der Waals surface area contributed by atoms with Gasteiger partial charge in [-0.05, 0) is 42.5 Å². The van der Waals surface area contributed by atoms with Crippen molar-refractivity contribution in [1.29, 1.82) is 0 Å². The first kappa shape index (κ1) is 22.3. The Morgan fingerprint density at radius 2 is 1.50 bits per heavy atom. The fourth-order valence-corrected chi connectivity index (χ4v) is 5.35. The Kier molecular flexibility index (Phi) is 6.00. The smallest absolute Gasteiger partial charge is 0.280 e. The van der Waals surface area contributed by atoms with Crippen molar-refractivity contribution in [3.05, 3.63) is 64.6 Å². The van der Waals surface area contributed by atoms with Gasteiger partial charge < -0.3 is 0 Å². The van der Waals surface area contributed by atoms with Gasteiger partial charge in [-0.2, -0.15) is 13.2 Å². The summed E-state index contributed by atoms with van der Waals surface area (Å²) in [5.41, 5.74) is -1.34. The van der Waals surface area contributed by atoms with Crippen LogP contribution in [0.5, 0.6) is 0 Å². The lowest BCUT2D eigenvalue weighted by Crippen LogP contribution is -2.15. The van der Waals surface area contributed by atoms with Gasteiger partial charge in [-0.1, -0.05) is 11.6 Å². The highest BCUT2D eigenvalue weighted by atomic mass is 35.5. The quantitative estimate of drug-likeness (QED) is 0.524. The number of alkyl halides is 3. The Balaban J connectivity index is 1.83. The monoisotopic (exact) mass is 497 g/mol. The van der Waals surface area contributed by atoms with Gasteiger partial charge in [0.05, 0.1) is 20.4 Å². The van der Waals surface area contributed by atoms with E-state index in [1.54, 1.807) is 5.38 Å². The molecule has 3 rings (SSSR count). The van der Waals surface area contributed by atoms with Gasteiger partial charge in [0.2, 0.25) is 0 Å². The molecule has 30 heavy (non-hydrogen) atoms. The first-order valence-electron chi connectivity index (χ1n) is 7.80. The van der Waals surface area contributed by atoms with Crippen LogP contribution >= 0.6 is 22.9 Å². The van der Waals surface area contributed by atoms with Crippen LogP contribution in [0.3, 0.4) is 0 Å². The number of hydrogen-bond donors (Lipinski definition) is 2. The molecule has 0 amide bonds. The van der Waals surface area contributed by atoms with Crippen LogP contribution in [0.15, 0.2) is 63.8 Å². The number of anilines is 2. The second kappa shape index (κ2) is 8.06. The van der Waals surface area contributed by atoms with E-state index in [1.165, 1.54) is 6.20 Å². The third kappa shape index (κ3) is 5.03. The van der Waals surface area contributed by atoms with E-state index in [1.807, 2.05) is 0 Å². The second-order valence-corrected chi connectivity index (χ2v) is 10.4. The molecule has 160 valence electrons. The minimum Gasteiger partial charge on any atom is -0.280 e. The molecule has 0 fully saturated rings. The van der Waals surface area contributed by atoms with Crippen LogP contribution in [0, 0.1) is 0 Å². The zero-order valence-electron chi connectivity index (χ0n) is 14.5. The summed E-state index contributed by atoms with van der Waals surface area (Å²) in [7, 11) is -8.33. The molecule has 0 aliphatic carbocycles. The standard InChI is InChI=1S/C16H11ClF3N3O4S3/c17-14-6-5-12(9-13(14)16(18,19)20)30(26,27)22-10-1-3-11(4-2-10)29(24,25)23-15-21-7-8-28-15/h1-9,22H,(H,21,23). The molecule has 0 radical (unpaired) electrons. The van der Waals surface area contributed by atoms with Crippen LogP contribution in [0.1, 0.15) is 5.56 Å². The van der Waals surface area contributed by atoms with Gasteiger partial charge in [-0.3, -0.25) is 9.44 Å². The Morgan fingerprint density at radius 3 is 2.07 bits per heavy atom. The van der Waals surface area contributed by atoms with E-state index in [9.17, 15) is 30.0 Å². The van der Waals surface area contributed by atoms with Crippen molar-refractivity contribution in [2.45, 2.75) is 16.0 Å². The number of thiazole rings is 1. The van der Waals surface area contributed by atoms with Crippen molar-refractivity contribution in [1.82, 2.24) is 4.98 Å². The zero-order chi connectivity index (χ0) is 22.2. The van der Waals surface area contributed by atoms with Crippen LogP contribution in [-0.4, -0.2) is 21.8 Å². The third-order valence-electron chi connectivity index (χ3n) is 3.62. The lowest BCUT2D eigenvalue weighted by molar-refractivity contribution is -0.137. The molecule has 0 spiro atoms. The average Bonchev–Trinajstić information content (AvgIpc) is 3.13. The normalized spacial score (nSPS) is 12.5. The van der Waals surface area contributed by atoms with Crippen molar-refractivity contribution < 1.29 is 30.0 Å². The van der Waals surface area contributed by atoms with E-state index in [0.717, 1.165) is 47.7 Å². The molecule has 14 heteroatoms. The van der Waals surface area contributed by atoms with Gasteiger partial charge in [0, 0.05) is 17.3 Å². The van der Waals surface area contributed by atoms with Crippen molar-refractivity contribution >= 4 is 53.8 Å². The van der Waals surface area contributed by atoms with Crippen LogP contribution in [0.2, 0.25) is 5.02 Å². The minimum atomic E-state index is -4.83. The number of hydrogen-bond acceptors (Lipinski definition) is 6. The summed E-state index contributed by atoms with van der Waals surface area (Å²) < 4.78 is 92.7. The van der Waals surface area contributed by atoms with Crippen LogP contribution in [0.4, 0.5) is 24.0 Å². The molecule has 0 bridgehead atoms. The molecule has 7 nitrogen and oxygen atoms in total. The maximum Gasteiger partial charge on any atom is 0.417 e. The molecule has 1 heterocycles. The Morgan fingerprint density at radius 1 is 0.900 bits per heavy atom. The van der Waals surface area contributed by atoms with E-state index >= 15 is 0 Å². The number of nitrogens with zero attached hydrogens (tertiary/aromatic N) is 1. The highest BCUT2D eigenvalue weighted by Gasteiger charge is 2.34. The summed E-state index contributed by atoms with van der Waals surface area (Å²) in [5, 5.41) is 1.10. The molecular formula is C16H11ClF3N3O4S3. The molecule has 0 saturated heterocycles. The number of nitrogens with one attached hydrogen (secondary N) is 2. The van der Waals surface area contributed by atoms with E-state index < -0.39 is 41.7 Å². The van der Waals surface area contributed by atoms with Crippen LogP contribution in [-0.2, 0) is 26.2 Å². The lowest BCUT2D eigenvalue weighted by atomic mass is 10.2. The molecule has 1 aromatic heterocycles. The summed E-state index contributed by atoms with van der Waals surface area (Å²) in [6, 6.07) is 6.77. The average molecular weight is 498 g/mol. The third-order valence-corrected chi connectivity index (χ3v) is 7.51. The summed E-state index contributed by atoms with van der Waals surface area (Å²) in [5.74, 6) is 0. The maximum atomic E-state index is 13.0. The van der Waals surface area contributed by atoms with E-state index in [-0.39, 0.29) is 15.7 Å². The molecule has 3 aromatic rings. The van der Waals surface area contributed by atoms with Crippen molar-refractivity contribution in [2.75, 3.05) is 9.44 Å². The molecule has 0 aliphatic rings. The predicted octanol–water partition coefficient (Wildman–Crippen LogP) is 4.42. The Bertz CT molecular complexity index is 1260. The number of sulfonamides is 2. The zero-order valence-corrected chi connectivity index (χ0v) is 17.7. The first-order chi connectivity index (χ1) is 13.9. The number of benzene rings is 2. The Hall–Kier alpha value is -2.35. The molecule has 0 unspecified atom stereocenters. The van der Waals surface area contributed by atoms with Crippen molar-refractivity contribution in [3.8, 4) is 0 Å². The van der Waals surface area contributed by atoms with Crippen molar-refractivity contribution in [3.63, 3.8) is 0 Å². The molecule has 2 N–H and O–H groups in total. The molecule has 0 atom stereocenters. The van der Waals surface area contributed by atoms with Crippen molar-refractivity contribution in [2.24, 2.45) is 0 Å². The van der Waals surface area contributed by atoms with E-state index in [4.69, 9.17) is 11.6 Å². The van der Waals surface area contributed by atoms with E-state index in [2.05, 4.69) is 14.4 Å². The van der Waals surface area contributed by atoms with Gasteiger partial charge in [0.1, 0.15) is 0 Å². The van der Waals surface area contributed by atoms with Gasteiger partial charge in [-0.15, -0.1) is 11.3 Å². The van der Waals surface area contributed by atoms with E-state index in [0.29, 0.717) is 6.07 Å². The van der Waals surface area contributed by atoms with Gasteiger partial charge >= 0.3 is 6.18 Å². The summed E-state index contributed by atoms with van der Waals surface area (Å²) in [4.78, 5) is 2.99. The molecular weight excluding hydrogens is 487 g/mol. The lowest BCUT2D eigenvalue weighted by Gasteiger charge is -2.13. The van der Waals surface area contributed by atoms with Crippen LogP contribution < -0.4 is 9.44 Å². The molecule has 0 aliphatic heterocycles. The summed E-state index contributed by atoms with van der Waals surface area (Å²) >= 11 is 6.57. The fraction of sp³-hybridized carbons (Fsp3) is 0.0625. The van der Waals surface area contributed by atoms with Gasteiger partial charge in [0.15, 0.2) is 5.13 Å². The van der Waals surface area contributed by atoms with Gasteiger partial charge in [0.25, 0.3) is 20.0 Å². The maximum absolute atomic E-state index is 13.0. The molecule has 2 aromatic carbocycles. The number of halogens is 4. The molecule has 0 saturated carbocycles. The fourth-order valence-electron chi connectivity index (χ4n) is 2.25. The number of aromatic nitrogens is 1. The number of rotatable bonds is 6. The SMILES string of the molecule is O=S(=O)(Nc1ccc(S(=O)(=O)Nc2nccs2)cc1)c1ccc(Cl)c(C(F)(F)F)c1. The summed E-state index contributed by atoms with van der Waals surface area (Å²) in [6.45, 7) is 0. The van der Waals surface area contributed by atoms with Crippen LogP contribution in [0.25, 0.3) is 0 Å². The summed E-state index contributed by atoms with van der Waals surface area (Å²) in [6.07, 6.45) is -3.41. The minimum absolute atomic E-state index is 0.0493. The largest absolute Gasteiger partial charge is 0.417 e. The first-order valence-corrected chi connectivity index (χ1v) is 12.0. The highest BCUT2D eigenvalue weighted by molar-refractivity contribution is 7.93. The van der Waals surface area contributed by atoms with Gasteiger partial charge in [-0.25, -0.2) is 21.8 Å². The Labute approximate surface area is 178 Å².